The fourth-order valence-electron chi connectivity index (χ4n) is 1.86. The van der Waals surface area contributed by atoms with Gasteiger partial charge in [0.25, 0.3) is 0 Å². The van der Waals surface area contributed by atoms with Crippen molar-refractivity contribution < 1.29 is 4.74 Å². The Morgan fingerprint density at radius 1 is 1.47 bits per heavy atom. The van der Waals surface area contributed by atoms with Gasteiger partial charge in [-0.05, 0) is 29.7 Å². The summed E-state index contributed by atoms with van der Waals surface area (Å²) in [6.07, 6.45) is 1.07. The fraction of sp³-hybridized carbons (Fsp3) is 0.500. The smallest absolute Gasteiger partial charge is 0.0662 e. The second-order valence-electron chi connectivity index (χ2n) is 3.83. The summed E-state index contributed by atoms with van der Waals surface area (Å²) in [4.78, 5) is 0. The Kier molecular flexibility index (Phi) is 3.78. The molecule has 0 radical (unpaired) electrons. The third-order valence-electron chi connectivity index (χ3n) is 2.71. The molecular weight excluding hydrogens is 254 g/mol. The van der Waals surface area contributed by atoms with Crippen molar-refractivity contribution in [1.29, 1.82) is 0 Å². The van der Waals surface area contributed by atoms with Crippen LogP contribution in [0.25, 0.3) is 0 Å². The fourth-order valence-corrected chi connectivity index (χ4v) is 2.42. The third kappa shape index (κ3) is 2.80. The molecule has 0 amide bonds. The summed E-state index contributed by atoms with van der Waals surface area (Å²) in [5, 5.41) is 3.47. The summed E-state index contributed by atoms with van der Waals surface area (Å²) in [6.45, 7) is 4.72. The van der Waals surface area contributed by atoms with Crippen LogP contribution >= 0.6 is 15.9 Å². The van der Waals surface area contributed by atoms with Crippen molar-refractivity contribution in [3.8, 4) is 0 Å². The van der Waals surface area contributed by atoms with E-state index in [0.29, 0.717) is 6.04 Å². The van der Waals surface area contributed by atoms with E-state index in [1.165, 1.54) is 11.1 Å². The van der Waals surface area contributed by atoms with Crippen molar-refractivity contribution in [2.45, 2.75) is 19.4 Å². The van der Waals surface area contributed by atoms with Gasteiger partial charge in [-0.3, -0.25) is 0 Å². The van der Waals surface area contributed by atoms with Gasteiger partial charge in [-0.2, -0.15) is 0 Å². The molecule has 1 saturated heterocycles. The lowest BCUT2D eigenvalue weighted by atomic mass is 10.0. The molecule has 3 heteroatoms. The van der Waals surface area contributed by atoms with Crippen molar-refractivity contribution in [3.05, 3.63) is 33.8 Å². The second kappa shape index (κ2) is 5.10. The zero-order valence-corrected chi connectivity index (χ0v) is 10.5. The molecule has 1 aromatic rings. The van der Waals surface area contributed by atoms with Crippen LogP contribution < -0.4 is 5.32 Å². The Morgan fingerprint density at radius 3 is 3.00 bits per heavy atom. The van der Waals surface area contributed by atoms with E-state index in [1.807, 2.05) is 0 Å². The molecule has 0 saturated carbocycles. The second-order valence-corrected chi connectivity index (χ2v) is 4.74. The van der Waals surface area contributed by atoms with Gasteiger partial charge in [-0.15, -0.1) is 0 Å². The minimum absolute atomic E-state index is 0.349. The Balaban J connectivity index is 2.22. The predicted octanol–water partition coefficient (Wildman–Crippen LogP) is 2.67. The third-order valence-corrected chi connectivity index (χ3v) is 3.17. The average molecular weight is 270 g/mol. The van der Waals surface area contributed by atoms with Crippen LogP contribution in [0, 0.1) is 0 Å². The van der Waals surface area contributed by atoms with Crippen LogP contribution in [0.1, 0.15) is 24.1 Å². The molecule has 15 heavy (non-hydrogen) atoms. The Bertz CT molecular complexity index is 334. The number of morpholine rings is 1. The van der Waals surface area contributed by atoms with Gasteiger partial charge in [-0.1, -0.05) is 28.9 Å². The number of rotatable bonds is 2. The highest BCUT2D eigenvalue weighted by atomic mass is 79.9. The minimum Gasteiger partial charge on any atom is -0.378 e. The van der Waals surface area contributed by atoms with E-state index in [-0.39, 0.29) is 0 Å². The van der Waals surface area contributed by atoms with Crippen LogP contribution in [-0.4, -0.2) is 19.8 Å². The molecule has 1 aliphatic heterocycles. The maximum absolute atomic E-state index is 5.47. The molecule has 1 aliphatic rings. The first-order chi connectivity index (χ1) is 7.29. The highest BCUT2D eigenvalue weighted by Gasteiger charge is 2.15. The lowest BCUT2D eigenvalue weighted by Crippen LogP contribution is -2.34. The van der Waals surface area contributed by atoms with Crippen LogP contribution in [0.15, 0.2) is 22.7 Å². The van der Waals surface area contributed by atoms with Crippen LogP contribution in [0.2, 0.25) is 0 Å². The number of aryl methyl sites for hydroxylation is 1. The van der Waals surface area contributed by atoms with E-state index in [1.54, 1.807) is 0 Å². The molecule has 1 N–H and O–H groups in total. The number of hydrogen-bond acceptors (Lipinski definition) is 2. The topological polar surface area (TPSA) is 21.3 Å². The molecular formula is C12H16BrNO. The van der Waals surface area contributed by atoms with Gasteiger partial charge in [-0.25, -0.2) is 0 Å². The van der Waals surface area contributed by atoms with E-state index in [9.17, 15) is 0 Å². The van der Waals surface area contributed by atoms with Gasteiger partial charge in [0.05, 0.1) is 19.3 Å². The molecule has 0 bridgehead atoms. The Morgan fingerprint density at radius 2 is 2.33 bits per heavy atom. The standard InChI is InChI=1S/C12H16BrNO/c1-2-9-5-10(7-11(13)6-9)12-8-15-4-3-14-12/h5-7,12,14H,2-4,8H2,1H3. The van der Waals surface area contributed by atoms with Gasteiger partial charge in [0.15, 0.2) is 0 Å². The predicted molar refractivity (Wildman–Crippen MR) is 65.1 cm³/mol. The first kappa shape index (κ1) is 11.1. The zero-order valence-electron chi connectivity index (χ0n) is 8.92. The van der Waals surface area contributed by atoms with Crippen LogP contribution in [0.5, 0.6) is 0 Å². The number of nitrogens with one attached hydrogen (secondary N) is 1. The van der Waals surface area contributed by atoms with E-state index in [0.717, 1.165) is 30.7 Å². The normalized spacial score (nSPS) is 21.6. The zero-order chi connectivity index (χ0) is 10.7. The number of ether oxygens (including phenoxy) is 1. The monoisotopic (exact) mass is 269 g/mol. The van der Waals surface area contributed by atoms with E-state index in [2.05, 4.69) is 46.4 Å². The van der Waals surface area contributed by atoms with Gasteiger partial charge >= 0.3 is 0 Å². The lowest BCUT2D eigenvalue weighted by molar-refractivity contribution is 0.0768. The van der Waals surface area contributed by atoms with Crippen molar-refractivity contribution in [2.75, 3.05) is 19.8 Å². The number of halogens is 1. The quantitative estimate of drug-likeness (QED) is 0.892. The van der Waals surface area contributed by atoms with Gasteiger partial charge < -0.3 is 10.1 Å². The molecule has 82 valence electrons. The first-order valence-corrected chi connectivity index (χ1v) is 6.19. The molecule has 1 heterocycles. The average Bonchev–Trinajstić information content (AvgIpc) is 2.29. The summed E-state index contributed by atoms with van der Waals surface area (Å²) in [6, 6.07) is 6.96. The molecule has 1 atom stereocenters. The van der Waals surface area contributed by atoms with Crippen molar-refractivity contribution in [2.24, 2.45) is 0 Å². The molecule has 1 unspecified atom stereocenters. The van der Waals surface area contributed by atoms with E-state index in [4.69, 9.17) is 4.74 Å². The maximum atomic E-state index is 5.47. The summed E-state index contributed by atoms with van der Waals surface area (Å²) >= 11 is 3.55. The van der Waals surface area contributed by atoms with Crippen LogP contribution in [0.4, 0.5) is 0 Å². The molecule has 0 aliphatic carbocycles. The molecule has 2 nitrogen and oxygen atoms in total. The highest BCUT2D eigenvalue weighted by molar-refractivity contribution is 9.10. The minimum atomic E-state index is 0.349. The van der Waals surface area contributed by atoms with Gasteiger partial charge in [0.1, 0.15) is 0 Å². The molecule has 2 rings (SSSR count). The van der Waals surface area contributed by atoms with Crippen molar-refractivity contribution in [1.82, 2.24) is 5.32 Å². The summed E-state index contributed by atoms with van der Waals surface area (Å²) < 4.78 is 6.63. The molecule has 1 aromatic carbocycles. The first-order valence-electron chi connectivity index (χ1n) is 5.40. The van der Waals surface area contributed by atoms with Crippen molar-refractivity contribution >= 4 is 15.9 Å². The van der Waals surface area contributed by atoms with Gasteiger partial charge in [0.2, 0.25) is 0 Å². The lowest BCUT2D eigenvalue weighted by Gasteiger charge is -2.24. The number of hydrogen-bond donors (Lipinski definition) is 1. The summed E-state index contributed by atoms with van der Waals surface area (Å²) in [5.74, 6) is 0. The Hall–Kier alpha value is -0.380. The Labute approximate surface area is 99.1 Å². The van der Waals surface area contributed by atoms with E-state index >= 15 is 0 Å². The molecule has 0 spiro atoms. The van der Waals surface area contributed by atoms with E-state index < -0.39 is 0 Å². The maximum Gasteiger partial charge on any atom is 0.0662 e. The van der Waals surface area contributed by atoms with Gasteiger partial charge in [0, 0.05) is 11.0 Å². The molecule has 1 fully saturated rings. The van der Waals surface area contributed by atoms with Crippen LogP contribution in [-0.2, 0) is 11.2 Å². The molecule has 0 aromatic heterocycles. The highest BCUT2D eigenvalue weighted by Crippen LogP contribution is 2.22. The van der Waals surface area contributed by atoms with Crippen LogP contribution in [0.3, 0.4) is 0 Å². The largest absolute Gasteiger partial charge is 0.378 e. The summed E-state index contributed by atoms with van der Waals surface area (Å²) in [7, 11) is 0. The van der Waals surface area contributed by atoms with Crippen molar-refractivity contribution in [3.63, 3.8) is 0 Å². The SMILES string of the molecule is CCc1cc(Br)cc(C2COCCN2)c1. The number of benzene rings is 1. The summed E-state index contributed by atoms with van der Waals surface area (Å²) in [5.41, 5.74) is 2.69.